The van der Waals surface area contributed by atoms with E-state index in [1.165, 1.54) is 6.07 Å². The van der Waals surface area contributed by atoms with Gasteiger partial charge in [0.2, 0.25) is 0 Å². The lowest BCUT2D eigenvalue weighted by atomic mass is 9.72. The molecule has 1 heterocycles. The van der Waals surface area contributed by atoms with Gasteiger partial charge in [-0.05, 0) is 48.6 Å². The van der Waals surface area contributed by atoms with Gasteiger partial charge in [0, 0.05) is 24.1 Å². The van der Waals surface area contributed by atoms with Crippen LogP contribution < -0.4 is 5.73 Å². The molecule has 2 atom stereocenters. The van der Waals surface area contributed by atoms with E-state index in [-0.39, 0.29) is 23.1 Å². The molecule has 4 rings (SSSR count). The van der Waals surface area contributed by atoms with Crippen LogP contribution in [0.5, 0.6) is 5.75 Å². The molecule has 1 amide bonds. The zero-order chi connectivity index (χ0) is 18.5. The van der Waals surface area contributed by atoms with Gasteiger partial charge >= 0.3 is 0 Å². The van der Waals surface area contributed by atoms with Crippen LogP contribution in [0.15, 0.2) is 42.5 Å². The van der Waals surface area contributed by atoms with Crippen molar-refractivity contribution < 1.29 is 15.0 Å². The molecule has 1 saturated heterocycles. The number of aromatic hydroxyl groups is 1. The first-order valence-electron chi connectivity index (χ1n) is 9.06. The molecule has 2 aromatic rings. The standard InChI is InChI=1S/C21H24N2O3/c1-13-6-7-14(12-17(13)24)20(26)23-10-8-21(9-11-23)16-5-3-2-4-15(16)18(22)19(21)25/h2-7,12,18-19,24-25H,8-11,22H2,1H3/t18-,19+/m1/s1. The highest BCUT2D eigenvalue weighted by atomic mass is 16.3. The van der Waals surface area contributed by atoms with Crippen molar-refractivity contribution in [2.45, 2.75) is 37.3 Å². The van der Waals surface area contributed by atoms with E-state index in [1.807, 2.05) is 18.2 Å². The minimum absolute atomic E-state index is 0.0831. The number of nitrogens with two attached hydrogens (primary N) is 1. The topological polar surface area (TPSA) is 86.8 Å². The fourth-order valence-electron chi connectivity index (χ4n) is 4.51. The third kappa shape index (κ3) is 2.42. The van der Waals surface area contributed by atoms with Gasteiger partial charge in [-0.25, -0.2) is 0 Å². The number of benzene rings is 2. The van der Waals surface area contributed by atoms with Crippen molar-refractivity contribution >= 4 is 5.91 Å². The molecule has 4 N–H and O–H groups in total. The number of aryl methyl sites for hydroxylation is 1. The molecule has 0 unspecified atom stereocenters. The normalized spacial score (nSPS) is 23.9. The van der Waals surface area contributed by atoms with Gasteiger partial charge in [0.25, 0.3) is 5.91 Å². The number of carbonyl (C=O) groups is 1. The molecule has 1 aliphatic heterocycles. The van der Waals surface area contributed by atoms with E-state index in [9.17, 15) is 15.0 Å². The second-order valence-electron chi connectivity index (χ2n) is 7.51. The van der Waals surface area contributed by atoms with E-state index in [2.05, 4.69) is 6.07 Å². The van der Waals surface area contributed by atoms with Gasteiger partial charge in [-0.15, -0.1) is 0 Å². The SMILES string of the molecule is Cc1ccc(C(=O)N2CCC3(CC2)c2ccccc2[C@@H](N)[C@@H]3O)cc1O. The summed E-state index contributed by atoms with van der Waals surface area (Å²) in [5.74, 6) is 0.0515. The van der Waals surface area contributed by atoms with Crippen molar-refractivity contribution in [1.82, 2.24) is 4.90 Å². The van der Waals surface area contributed by atoms with Gasteiger partial charge in [-0.3, -0.25) is 4.79 Å². The van der Waals surface area contributed by atoms with E-state index in [4.69, 9.17) is 5.73 Å². The van der Waals surface area contributed by atoms with Crippen molar-refractivity contribution in [3.63, 3.8) is 0 Å². The Morgan fingerprint density at radius 2 is 1.88 bits per heavy atom. The number of phenolic OH excluding ortho intramolecular Hbond substituents is 1. The van der Waals surface area contributed by atoms with Crippen molar-refractivity contribution in [2.24, 2.45) is 5.73 Å². The van der Waals surface area contributed by atoms with Gasteiger partial charge in [0.15, 0.2) is 0 Å². The van der Waals surface area contributed by atoms with Crippen LogP contribution in [0.3, 0.4) is 0 Å². The molecule has 2 aromatic carbocycles. The zero-order valence-electron chi connectivity index (χ0n) is 14.9. The Labute approximate surface area is 153 Å². The van der Waals surface area contributed by atoms with Crippen LogP contribution >= 0.6 is 0 Å². The Bertz CT molecular complexity index is 856. The summed E-state index contributed by atoms with van der Waals surface area (Å²) in [6.45, 7) is 2.92. The van der Waals surface area contributed by atoms with Gasteiger partial charge in [-0.2, -0.15) is 0 Å². The quantitative estimate of drug-likeness (QED) is 0.735. The minimum Gasteiger partial charge on any atom is -0.508 e. The number of fused-ring (bicyclic) bond motifs is 2. The van der Waals surface area contributed by atoms with Gasteiger partial charge in [-0.1, -0.05) is 30.3 Å². The average molecular weight is 352 g/mol. The highest BCUT2D eigenvalue weighted by Crippen LogP contribution is 2.50. The number of rotatable bonds is 1. The number of aliphatic hydroxyl groups is 1. The molecule has 26 heavy (non-hydrogen) atoms. The third-order valence-corrected chi connectivity index (χ3v) is 6.16. The molecule has 0 bridgehead atoms. The summed E-state index contributed by atoms with van der Waals surface area (Å²) < 4.78 is 0. The first kappa shape index (κ1) is 17.1. The lowest BCUT2D eigenvalue weighted by Crippen LogP contribution is -2.50. The molecule has 136 valence electrons. The molecular formula is C21H24N2O3. The molecule has 0 saturated carbocycles. The lowest BCUT2D eigenvalue weighted by molar-refractivity contribution is 0.0262. The number of likely N-dealkylation sites (tertiary alicyclic amines) is 1. The summed E-state index contributed by atoms with van der Waals surface area (Å²) in [6, 6.07) is 12.6. The largest absolute Gasteiger partial charge is 0.508 e. The number of hydrogen-bond acceptors (Lipinski definition) is 4. The summed E-state index contributed by atoms with van der Waals surface area (Å²) in [7, 11) is 0. The highest BCUT2D eigenvalue weighted by Gasteiger charge is 2.51. The molecule has 5 nitrogen and oxygen atoms in total. The van der Waals surface area contributed by atoms with Crippen molar-refractivity contribution in [3.05, 3.63) is 64.7 Å². The van der Waals surface area contributed by atoms with Crippen LogP contribution in [0.2, 0.25) is 0 Å². The Morgan fingerprint density at radius 1 is 1.19 bits per heavy atom. The van der Waals surface area contributed by atoms with Gasteiger partial charge in [0.05, 0.1) is 12.1 Å². The van der Waals surface area contributed by atoms with Gasteiger partial charge in [0.1, 0.15) is 5.75 Å². The van der Waals surface area contributed by atoms with E-state index in [1.54, 1.807) is 24.0 Å². The third-order valence-electron chi connectivity index (χ3n) is 6.16. The lowest BCUT2D eigenvalue weighted by Gasteiger charge is -2.42. The number of amides is 1. The van der Waals surface area contributed by atoms with Crippen LogP contribution in [0, 0.1) is 6.92 Å². The molecular weight excluding hydrogens is 328 g/mol. The summed E-state index contributed by atoms with van der Waals surface area (Å²) in [5, 5.41) is 20.7. The summed E-state index contributed by atoms with van der Waals surface area (Å²) >= 11 is 0. The Balaban J connectivity index is 1.56. The van der Waals surface area contributed by atoms with Crippen LogP contribution in [0.1, 0.15) is 45.9 Å². The number of phenols is 1. The van der Waals surface area contributed by atoms with Crippen LogP contribution in [-0.4, -0.2) is 40.2 Å². The Kier molecular flexibility index (Phi) is 4.01. The van der Waals surface area contributed by atoms with Crippen LogP contribution in [0.25, 0.3) is 0 Å². The molecule has 1 fully saturated rings. The molecule has 1 spiro atoms. The fraction of sp³-hybridized carbons (Fsp3) is 0.381. The monoisotopic (exact) mass is 352 g/mol. The Hall–Kier alpha value is -2.37. The van der Waals surface area contributed by atoms with E-state index in [0.717, 1.165) is 16.7 Å². The maximum Gasteiger partial charge on any atom is 0.253 e. The summed E-state index contributed by atoms with van der Waals surface area (Å²) in [4.78, 5) is 14.6. The van der Waals surface area contributed by atoms with Crippen LogP contribution in [-0.2, 0) is 5.41 Å². The number of carbonyl (C=O) groups excluding carboxylic acids is 1. The van der Waals surface area contributed by atoms with Crippen LogP contribution in [0.4, 0.5) is 0 Å². The molecule has 1 aliphatic carbocycles. The molecule has 0 aromatic heterocycles. The summed E-state index contributed by atoms with van der Waals surface area (Å²) in [6.07, 6.45) is 0.742. The predicted octanol–water partition coefficient (Wildman–Crippen LogP) is 2.25. The zero-order valence-corrected chi connectivity index (χ0v) is 14.9. The highest BCUT2D eigenvalue weighted by molar-refractivity contribution is 5.94. The molecule has 0 radical (unpaired) electrons. The predicted molar refractivity (Wildman–Crippen MR) is 99.0 cm³/mol. The van der Waals surface area contributed by atoms with Crippen molar-refractivity contribution in [3.8, 4) is 5.75 Å². The summed E-state index contributed by atoms with van der Waals surface area (Å²) in [5.41, 5.74) is 9.27. The van der Waals surface area contributed by atoms with E-state index >= 15 is 0 Å². The smallest absolute Gasteiger partial charge is 0.253 e. The van der Waals surface area contributed by atoms with Gasteiger partial charge < -0.3 is 20.8 Å². The second kappa shape index (κ2) is 6.11. The number of hydrogen-bond donors (Lipinski definition) is 3. The molecule has 2 aliphatic rings. The van der Waals surface area contributed by atoms with E-state index in [0.29, 0.717) is 31.5 Å². The first-order chi connectivity index (χ1) is 12.4. The number of piperidine rings is 1. The fourth-order valence-corrected chi connectivity index (χ4v) is 4.51. The maximum absolute atomic E-state index is 12.8. The first-order valence-corrected chi connectivity index (χ1v) is 9.06. The average Bonchev–Trinajstić information content (AvgIpc) is 2.87. The second-order valence-corrected chi connectivity index (χ2v) is 7.51. The van der Waals surface area contributed by atoms with E-state index < -0.39 is 6.10 Å². The number of aliphatic hydroxyl groups excluding tert-OH is 1. The van der Waals surface area contributed by atoms with Crippen molar-refractivity contribution in [2.75, 3.05) is 13.1 Å². The molecule has 5 heteroatoms. The maximum atomic E-state index is 12.8. The Morgan fingerprint density at radius 3 is 2.58 bits per heavy atom. The number of nitrogens with zero attached hydrogens (tertiary/aromatic N) is 1. The van der Waals surface area contributed by atoms with Crippen molar-refractivity contribution in [1.29, 1.82) is 0 Å². The minimum atomic E-state index is -0.624.